The Morgan fingerprint density at radius 1 is 1.12 bits per heavy atom. The van der Waals surface area contributed by atoms with Crippen LogP contribution in [-0.2, 0) is 11.3 Å². The molecule has 2 rings (SSSR count). The number of hydrogen-bond donors (Lipinski definition) is 0. The van der Waals surface area contributed by atoms with Gasteiger partial charge in [0.2, 0.25) is 5.91 Å². The van der Waals surface area contributed by atoms with Crippen LogP contribution >= 0.6 is 11.8 Å². The molecule has 1 atom stereocenters. The Hall–Kier alpha value is -1.89. The second-order valence-electron chi connectivity index (χ2n) is 6.89. The van der Waals surface area contributed by atoms with Crippen molar-refractivity contribution in [2.45, 2.75) is 77.0 Å². The van der Waals surface area contributed by atoms with Crippen molar-refractivity contribution >= 4 is 17.7 Å². The normalized spacial score (nSPS) is 12.6. The molecule has 1 amide bonds. The molecular formula is C19H29N5OS. The fourth-order valence-corrected chi connectivity index (χ4v) is 3.97. The van der Waals surface area contributed by atoms with Crippen LogP contribution in [0.3, 0.4) is 0 Å². The molecule has 6 nitrogen and oxygen atoms in total. The molecule has 0 aliphatic rings. The molecule has 0 fully saturated rings. The molecule has 0 spiro atoms. The number of carbonyl (C=O) groups excluding carboxylic acids is 1. The highest BCUT2D eigenvalue weighted by Gasteiger charge is 2.27. The fourth-order valence-electron chi connectivity index (χ4n) is 3.04. The van der Waals surface area contributed by atoms with Gasteiger partial charge >= 0.3 is 0 Å². The first-order chi connectivity index (χ1) is 12.4. The van der Waals surface area contributed by atoms with E-state index < -0.39 is 0 Å². The third-order valence-electron chi connectivity index (χ3n) is 4.10. The van der Waals surface area contributed by atoms with Crippen molar-refractivity contribution in [1.29, 1.82) is 0 Å². The lowest BCUT2D eigenvalue weighted by atomic mass is 10.2. The Morgan fingerprint density at radius 2 is 1.73 bits per heavy atom. The van der Waals surface area contributed by atoms with E-state index in [2.05, 4.69) is 54.4 Å². The molecule has 2 heterocycles. The molecule has 26 heavy (non-hydrogen) atoms. The average Bonchev–Trinajstić information content (AvgIpc) is 2.98. The first-order valence-corrected chi connectivity index (χ1v) is 10.1. The van der Waals surface area contributed by atoms with Crippen LogP contribution in [0.5, 0.6) is 0 Å². The maximum Gasteiger partial charge on any atom is 0.236 e. The van der Waals surface area contributed by atoms with Crippen molar-refractivity contribution in [3.8, 4) is 11.4 Å². The fraction of sp³-hybridized carbons (Fsp3) is 0.579. The molecule has 0 aliphatic carbocycles. The molecule has 0 aromatic carbocycles. The number of hydrogen-bond acceptors (Lipinski definition) is 5. The van der Waals surface area contributed by atoms with Crippen LogP contribution in [0.4, 0.5) is 0 Å². The number of pyridine rings is 1. The van der Waals surface area contributed by atoms with E-state index in [0.29, 0.717) is 0 Å². The Labute approximate surface area is 160 Å². The van der Waals surface area contributed by atoms with Gasteiger partial charge < -0.3 is 9.47 Å². The smallest absolute Gasteiger partial charge is 0.236 e. The summed E-state index contributed by atoms with van der Waals surface area (Å²) in [6.07, 6.45) is 4.47. The van der Waals surface area contributed by atoms with Crippen LogP contribution in [0.1, 0.15) is 48.0 Å². The van der Waals surface area contributed by atoms with Crippen molar-refractivity contribution in [2.24, 2.45) is 0 Å². The van der Waals surface area contributed by atoms with Gasteiger partial charge in [0.1, 0.15) is 0 Å². The van der Waals surface area contributed by atoms with E-state index >= 15 is 0 Å². The highest BCUT2D eigenvalue weighted by atomic mass is 32.2. The van der Waals surface area contributed by atoms with E-state index in [0.717, 1.165) is 29.5 Å². The van der Waals surface area contributed by atoms with Gasteiger partial charge in [-0.05, 0) is 53.2 Å². The molecule has 0 saturated carbocycles. The first kappa shape index (κ1) is 20.4. The Morgan fingerprint density at radius 3 is 2.27 bits per heavy atom. The molecule has 2 aromatic heterocycles. The molecule has 0 bridgehead atoms. The summed E-state index contributed by atoms with van der Waals surface area (Å²) in [5.74, 6) is 0.956. The first-order valence-electron chi connectivity index (χ1n) is 9.19. The standard InChI is InChI=1S/C19H29N5OS/c1-7-12-23-17(16-8-10-20-11-9-16)21-22-19(23)26-15(6)18(25)24(13(2)3)14(4)5/h8-11,13-15H,7,12H2,1-6H3. The van der Waals surface area contributed by atoms with Crippen LogP contribution in [0.2, 0.25) is 0 Å². The molecule has 0 radical (unpaired) electrons. The number of rotatable bonds is 8. The Kier molecular flexibility index (Phi) is 7.20. The van der Waals surface area contributed by atoms with Crippen LogP contribution < -0.4 is 0 Å². The topological polar surface area (TPSA) is 63.9 Å². The second-order valence-corrected chi connectivity index (χ2v) is 8.19. The molecule has 0 N–H and O–H groups in total. The zero-order chi connectivity index (χ0) is 19.3. The van der Waals surface area contributed by atoms with Gasteiger partial charge in [0.25, 0.3) is 0 Å². The summed E-state index contributed by atoms with van der Waals surface area (Å²) < 4.78 is 2.10. The highest BCUT2D eigenvalue weighted by molar-refractivity contribution is 8.00. The lowest BCUT2D eigenvalue weighted by Crippen LogP contribution is -2.45. The molecular weight excluding hydrogens is 346 g/mol. The van der Waals surface area contributed by atoms with Crippen LogP contribution in [0.15, 0.2) is 29.7 Å². The third-order valence-corrected chi connectivity index (χ3v) is 5.17. The number of thioether (sulfide) groups is 1. The summed E-state index contributed by atoms with van der Waals surface area (Å²) in [5, 5.41) is 9.31. The van der Waals surface area contributed by atoms with E-state index in [-0.39, 0.29) is 23.2 Å². The van der Waals surface area contributed by atoms with Gasteiger partial charge in [-0.25, -0.2) is 0 Å². The van der Waals surface area contributed by atoms with Gasteiger partial charge in [0, 0.05) is 36.6 Å². The molecule has 0 aliphatic heterocycles. The summed E-state index contributed by atoms with van der Waals surface area (Å²) in [5.41, 5.74) is 0.984. The predicted octanol–water partition coefficient (Wildman–Crippen LogP) is 3.88. The zero-order valence-corrected chi connectivity index (χ0v) is 17.3. The van der Waals surface area contributed by atoms with Gasteiger partial charge in [-0.3, -0.25) is 9.78 Å². The summed E-state index contributed by atoms with van der Waals surface area (Å²) in [4.78, 5) is 18.9. The third kappa shape index (κ3) is 4.63. The van der Waals surface area contributed by atoms with Crippen molar-refractivity contribution < 1.29 is 4.79 Å². The van der Waals surface area contributed by atoms with E-state index in [1.54, 1.807) is 12.4 Å². The summed E-state index contributed by atoms with van der Waals surface area (Å²) >= 11 is 1.48. The van der Waals surface area contributed by atoms with Gasteiger partial charge in [-0.15, -0.1) is 10.2 Å². The minimum atomic E-state index is -0.218. The number of carbonyl (C=O) groups is 1. The second kappa shape index (κ2) is 9.16. The summed E-state index contributed by atoms with van der Waals surface area (Å²) in [7, 11) is 0. The lowest BCUT2D eigenvalue weighted by Gasteiger charge is -2.32. The van der Waals surface area contributed by atoms with Crippen LogP contribution in [0.25, 0.3) is 11.4 Å². The SMILES string of the molecule is CCCn1c(SC(C)C(=O)N(C(C)C)C(C)C)nnc1-c1ccncc1. The summed E-state index contributed by atoms with van der Waals surface area (Å²) in [6, 6.07) is 4.20. The van der Waals surface area contributed by atoms with Gasteiger partial charge in [-0.1, -0.05) is 18.7 Å². The highest BCUT2D eigenvalue weighted by Crippen LogP contribution is 2.28. The Balaban J connectivity index is 2.26. The van der Waals surface area contributed by atoms with Gasteiger partial charge in [0.15, 0.2) is 11.0 Å². The minimum Gasteiger partial charge on any atom is -0.337 e. The van der Waals surface area contributed by atoms with E-state index in [1.165, 1.54) is 11.8 Å². The van der Waals surface area contributed by atoms with Crippen molar-refractivity contribution in [3.05, 3.63) is 24.5 Å². The molecule has 142 valence electrons. The molecule has 2 aromatic rings. The predicted molar refractivity (Wildman–Crippen MR) is 106 cm³/mol. The monoisotopic (exact) mass is 375 g/mol. The van der Waals surface area contributed by atoms with Gasteiger partial charge in [0.05, 0.1) is 5.25 Å². The van der Waals surface area contributed by atoms with Gasteiger partial charge in [-0.2, -0.15) is 0 Å². The number of nitrogens with zero attached hydrogens (tertiary/aromatic N) is 5. The zero-order valence-electron chi connectivity index (χ0n) is 16.5. The molecule has 1 unspecified atom stereocenters. The average molecular weight is 376 g/mol. The molecule has 0 saturated heterocycles. The van der Waals surface area contributed by atoms with E-state index in [1.807, 2.05) is 24.0 Å². The number of amides is 1. The van der Waals surface area contributed by atoms with Crippen molar-refractivity contribution in [3.63, 3.8) is 0 Å². The van der Waals surface area contributed by atoms with Crippen molar-refractivity contribution in [2.75, 3.05) is 0 Å². The van der Waals surface area contributed by atoms with E-state index in [4.69, 9.17) is 0 Å². The lowest BCUT2D eigenvalue weighted by molar-refractivity contribution is -0.133. The molecule has 7 heteroatoms. The summed E-state index contributed by atoms with van der Waals surface area (Å²) in [6.45, 7) is 13.1. The minimum absolute atomic E-state index is 0.136. The Bertz CT molecular complexity index is 706. The van der Waals surface area contributed by atoms with Crippen LogP contribution in [0, 0.1) is 0 Å². The quantitative estimate of drug-likeness (QED) is 0.655. The van der Waals surface area contributed by atoms with Crippen LogP contribution in [-0.4, -0.2) is 47.9 Å². The largest absolute Gasteiger partial charge is 0.337 e. The maximum absolute atomic E-state index is 12.9. The van der Waals surface area contributed by atoms with E-state index in [9.17, 15) is 4.79 Å². The van der Waals surface area contributed by atoms with Crippen molar-refractivity contribution in [1.82, 2.24) is 24.6 Å². The number of aromatic nitrogens is 4. The maximum atomic E-state index is 12.9.